The molecule has 2 atom stereocenters. The summed E-state index contributed by atoms with van der Waals surface area (Å²) >= 11 is 0. The van der Waals surface area contributed by atoms with Gasteiger partial charge in [0.15, 0.2) is 5.69 Å². The number of hydrogen-bond acceptors (Lipinski definition) is 4. The third-order valence-corrected chi connectivity index (χ3v) is 4.09. The second kappa shape index (κ2) is 5.88. The Morgan fingerprint density at radius 1 is 1.41 bits per heavy atom. The highest BCUT2D eigenvalue weighted by molar-refractivity contribution is 5.92. The normalized spacial score (nSPS) is 21.9. The van der Waals surface area contributed by atoms with Crippen LogP contribution in [0.3, 0.4) is 0 Å². The van der Waals surface area contributed by atoms with E-state index in [1.54, 1.807) is 15.8 Å². The van der Waals surface area contributed by atoms with E-state index in [4.69, 9.17) is 0 Å². The number of nitrogens with zero attached hydrogens (tertiary/aromatic N) is 4. The summed E-state index contributed by atoms with van der Waals surface area (Å²) in [4.78, 5) is 14.3. The van der Waals surface area contributed by atoms with E-state index in [0.29, 0.717) is 25.1 Å². The van der Waals surface area contributed by atoms with Crippen LogP contribution in [0.25, 0.3) is 5.69 Å². The van der Waals surface area contributed by atoms with E-state index in [-0.39, 0.29) is 18.1 Å². The smallest absolute Gasteiger partial charge is 0.276 e. The molecule has 1 fully saturated rings. The molecule has 1 aromatic carbocycles. The first-order valence-corrected chi connectivity index (χ1v) is 7.53. The summed E-state index contributed by atoms with van der Waals surface area (Å²) in [6, 6.07) is 7.88. The van der Waals surface area contributed by atoms with Crippen LogP contribution >= 0.6 is 0 Å². The largest absolute Gasteiger partial charge is 0.393 e. The molecule has 1 aromatic heterocycles. The lowest BCUT2D eigenvalue weighted by Crippen LogP contribution is -2.46. The number of aliphatic hydroxyl groups excluding tert-OH is 1. The third kappa shape index (κ3) is 2.87. The van der Waals surface area contributed by atoms with Crippen molar-refractivity contribution in [1.82, 2.24) is 19.9 Å². The minimum absolute atomic E-state index is 0.0142. The zero-order valence-corrected chi connectivity index (χ0v) is 12.8. The third-order valence-electron chi connectivity index (χ3n) is 4.09. The van der Waals surface area contributed by atoms with Crippen LogP contribution in [0.2, 0.25) is 0 Å². The molecule has 6 nitrogen and oxygen atoms in total. The van der Waals surface area contributed by atoms with Crippen LogP contribution in [-0.2, 0) is 0 Å². The first kappa shape index (κ1) is 14.7. The van der Waals surface area contributed by atoms with Crippen LogP contribution in [0.4, 0.5) is 0 Å². The van der Waals surface area contributed by atoms with Crippen LogP contribution in [0.15, 0.2) is 30.5 Å². The first-order valence-electron chi connectivity index (χ1n) is 7.53. The van der Waals surface area contributed by atoms with Gasteiger partial charge in [-0.25, -0.2) is 4.68 Å². The van der Waals surface area contributed by atoms with Gasteiger partial charge in [-0.05, 0) is 44.4 Å². The predicted molar refractivity (Wildman–Crippen MR) is 81.8 cm³/mol. The summed E-state index contributed by atoms with van der Waals surface area (Å²) in [6.45, 7) is 4.51. The average molecular weight is 300 g/mol. The zero-order valence-electron chi connectivity index (χ0n) is 12.8. The fraction of sp³-hybridized carbons (Fsp3) is 0.438. The Kier molecular flexibility index (Phi) is 3.94. The van der Waals surface area contributed by atoms with E-state index >= 15 is 0 Å². The molecule has 3 rings (SSSR count). The molecular weight excluding hydrogens is 280 g/mol. The maximum absolute atomic E-state index is 12.6. The van der Waals surface area contributed by atoms with Crippen molar-refractivity contribution < 1.29 is 9.90 Å². The van der Waals surface area contributed by atoms with Crippen molar-refractivity contribution in [2.75, 3.05) is 6.54 Å². The van der Waals surface area contributed by atoms with Gasteiger partial charge in [-0.2, -0.15) is 0 Å². The predicted octanol–water partition coefficient (Wildman–Crippen LogP) is 1.56. The van der Waals surface area contributed by atoms with Gasteiger partial charge in [0.2, 0.25) is 0 Å². The molecule has 0 spiro atoms. The highest BCUT2D eigenvalue weighted by atomic mass is 16.3. The number of amides is 1. The quantitative estimate of drug-likeness (QED) is 0.913. The fourth-order valence-corrected chi connectivity index (χ4v) is 2.85. The molecule has 1 aliphatic heterocycles. The molecule has 2 heterocycles. The molecule has 0 bridgehead atoms. The molecule has 0 unspecified atom stereocenters. The van der Waals surface area contributed by atoms with E-state index in [2.05, 4.69) is 10.3 Å². The van der Waals surface area contributed by atoms with Crippen molar-refractivity contribution >= 4 is 5.91 Å². The minimum Gasteiger partial charge on any atom is -0.393 e. The number of carbonyl (C=O) groups is 1. The molecule has 0 saturated carbocycles. The van der Waals surface area contributed by atoms with Gasteiger partial charge >= 0.3 is 0 Å². The van der Waals surface area contributed by atoms with E-state index in [0.717, 1.165) is 11.3 Å². The van der Waals surface area contributed by atoms with Crippen LogP contribution in [0.5, 0.6) is 0 Å². The van der Waals surface area contributed by atoms with Gasteiger partial charge in [-0.3, -0.25) is 4.79 Å². The van der Waals surface area contributed by atoms with Crippen LogP contribution in [0.1, 0.15) is 35.8 Å². The lowest BCUT2D eigenvalue weighted by Gasteiger charge is -2.35. The Balaban J connectivity index is 1.80. The summed E-state index contributed by atoms with van der Waals surface area (Å²) in [6.07, 6.45) is 2.57. The number of rotatable bonds is 2. The number of aliphatic hydroxyl groups is 1. The first-order chi connectivity index (χ1) is 10.5. The Bertz CT molecular complexity index is 682. The van der Waals surface area contributed by atoms with E-state index in [1.165, 1.54) is 0 Å². The Hall–Kier alpha value is -2.21. The fourth-order valence-electron chi connectivity index (χ4n) is 2.85. The number of piperidine rings is 1. The summed E-state index contributed by atoms with van der Waals surface area (Å²) in [5.74, 6) is -0.127. The monoisotopic (exact) mass is 300 g/mol. The highest BCUT2D eigenvalue weighted by Crippen LogP contribution is 2.19. The molecule has 0 aliphatic carbocycles. The van der Waals surface area contributed by atoms with Crippen LogP contribution in [0, 0.1) is 6.92 Å². The van der Waals surface area contributed by atoms with Crippen LogP contribution in [-0.4, -0.2) is 49.6 Å². The van der Waals surface area contributed by atoms with Crippen molar-refractivity contribution in [2.45, 2.75) is 38.8 Å². The Labute approximate surface area is 129 Å². The van der Waals surface area contributed by atoms with Crippen molar-refractivity contribution in [1.29, 1.82) is 0 Å². The molecule has 1 aliphatic rings. The van der Waals surface area contributed by atoms with Crippen molar-refractivity contribution in [2.24, 2.45) is 0 Å². The molecular formula is C16H20N4O2. The van der Waals surface area contributed by atoms with Crippen molar-refractivity contribution in [3.63, 3.8) is 0 Å². The Morgan fingerprint density at radius 3 is 2.95 bits per heavy atom. The summed E-state index contributed by atoms with van der Waals surface area (Å²) in [7, 11) is 0. The maximum atomic E-state index is 12.6. The maximum Gasteiger partial charge on any atom is 0.276 e. The summed E-state index contributed by atoms with van der Waals surface area (Å²) < 4.78 is 1.61. The van der Waals surface area contributed by atoms with Crippen molar-refractivity contribution in [3.8, 4) is 5.69 Å². The summed E-state index contributed by atoms with van der Waals surface area (Å²) in [5, 5.41) is 17.7. The van der Waals surface area contributed by atoms with Gasteiger partial charge in [0.05, 0.1) is 18.0 Å². The van der Waals surface area contributed by atoms with Gasteiger partial charge < -0.3 is 10.0 Å². The van der Waals surface area contributed by atoms with Gasteiger partial charge in [-0.1, -0.05) is 17.3 Å². The number of likely N-dealkylation sites (tertiary alicyclic amines) is 1. The molecule has 6 heteroatoms. The van der Waals surface area contributed by atoms with Gasteiger partial charge in [0.25, 0.3) is 5.91 Å². The standard InChI is InChI=1S/C16H20N4O2/c1-11-4-3-5-13(8-11)20-10-15(17-18-20)16(22)19-7-6-14(21)9-12(19)2/h3-5,8,10,12,14,21H,6-7,9H2,1-2H3/t12-,14-/m0/s1. The number of benzene rings is 1. The Morgan fingerprint density at radius 2 is 2.23 bits per heavy atom. The van der Waals surface area contributed by atoms with Crippen LogP contribution < -0.4 is 0 Å². The molecule has 116 valence electrons. The van der Waals surface area contributed by atoms with E-state index < -0.39 is 0 Å². The average Bonchev–Trinajstić information content (AvgIpc) is 2.96. The van der Waals surface area contributed by atoms with Crippen molar-refractivity contribution in [3.05, 3.63) is 41.7 Å². The lowest BCUT2D eigenvalue weighted by atomic mass is 10.0. The van der Waals surface area contributed by atoms with E-state index in [9.17, 15) is 9.90 Å². The van der Waals surface area contributed by atoms with Gasteiger partial charge in [0, 0.05) is 12.6 Å². The second-order valence-corrected chi connectivity index (χ2v) is 5.91. The molecule has 1 amide bonds. The molecule has 2 aromatic rings. The van der Waals surface area contributed by atoms with E-state index in [1.807, 2.05) is 38.1 Å². The number of aromatic nitrogens is 3. The topological polar surface area (TPSA) is 71.2 Å². The zero-order chi connectivity index (χ0) is 15.7. The molecule has 0 radical (unpaired) electrons. The highest BCUT2D eigenvalue weighted by Gasteiger charge is 2.29. The number of carbonyl (C=O) groups excluding carboxylic acids is 1. The number of aryl methyl sites for hydroxylation is 1. The minimum atomic E-state index is -0.318. The molecule has 22 heavy (non-hydrogen) atoms. The summed E-state index contributed by atoms with van der Waals surface area (Å²) in [5.41, 5.74) is 2.35. The molecule has 1 saturated heterocycles. The number of hydrogen-bond donors (Lipinski definition) is 1. The SMILES string of the molecule is Cc1cccc(-n2cc(C(=O)N3CC[C@H](O)C[C@@H]3C)nn2)c1. The second-order valence-electron chi connectivity index (χ2n) is 5.91. The molecule has 1 N–H and O–H groups in total. The van der Waals surface area contributed by atoms with Gasteiger partial charge in [-0.15, -0.1) is 5.10 Å². The van der Waals surface area contributed by atoms with Gasteiger partial charge in [0.1, 0.15) is 0 Å². The lowest BCUT2D eigenvalue weighted by molar-refractivity contribution is 0.0360.